The molecule has 4 aliphatic rings. The van der Waals surface area contributed by atoms with Crippen LogP contribution in [0.5, 0.6) is 0 Å². The summed E-state index contributed by atoms with van der Waals surface area (Å²) in [7, 11) is -0.551. The van der Waals surface area contributed by atoms with Crippen LogP contribution in [-0.2, 0) is 14.1 Å². The highest BCUT2D eigenvalue weighted by Crippen LogP contribution is 2.65. The van der Waals surface area contributed by atoms with Gasteiger partial charge in [0.25, 0.3) is 0 Å². The first-order chi connectivity index (χ1) is 18.9. The number of carbonyl (C=O) groups is 2. The molecule has 40 heavy (non-hydrogen) atoms. The SMILES string of the molecule is CC(C)C[C@H](NC(=O)[C@@H](CC(=O)c1cccc(-c2ccccc2)c1)[C@@H](C)O)B1O[C@@H]2C[C@@H]3C[C@@H](C3(C)C)[C@]2(C)O1. The van der Waals surface area contributed by atoms with Gasteiger partial charge in [-0.2, -0.15) is 0 Å². The second kappa shape index (κ2) is 11.1. The van der Waals surface area contributed by atoms with Crippen LogP contribution in [0.4, 0.5) is 0 Å². The average Bonchev–Trinajstić information content (AvgIpc) is 3.28. The van der Waals surface area contributed by atoms with Crippen molar-refractivity contribution < 1.29 is 24.0 Å². The van der Waals surface area contributed by atoms with Gasteiger partial charge in [-0.3, -0.25) is 9.59 Å². The zero-order valence-electron chi connectivity index (χ0n) is 24.7. The molecule has 1 saturated heterocycles. The lowest BCUT2D eigenvalue weighted by atomic mass is 9.43. The Bertz CT molecular complexity index is 1230. The fraction of sp³-hybridized carbons (Fsp3) is 0.576. The maximum Gasteiger partial charge on any atom is 0.481 e. The van der Waals surface area contributed by atoms with Crippen molar-refractivity contribution in [2.75, 3.05) is 0 Å². The highest BCUT2D eigenvalue weighted by molar-refractivity contribution is 6.47. The van der Waals surface area contributed by atoms with Crippen LogP contribution in [-0.4, -0.2) is 47.7 Å². The summed E-state index contributed by atoms with van der Waals surface area (Å²) in [4.78, 5) is 27.0. The molecule has 0 aromatic heterocycles. The fourth-order valence-electron chi connectivity index (χ4n) is 7.41. The minimum Gasteiger partial charge on any atom is -0.404 e. The third-order valence-corrected chi connectivity index (χ3v) is 9.97. The minimum absolute atomic E-state index is 0.0203. The van der Waals surface area contributed by atoms with Gasteiger partial charge in [-0.1, -0.05) is 76.2 Å². The number of Topliss-reactive ketones (excluding diaryl/α,β-unsaturated/α-hetero) is 1. The molecule has 2 bridgehead atoms. The molecule has 3 saturated carbocycles. The van der Waals surface area contributed by atoms with Gasteiger partial charge in [-0.15, -0.1) is 0 Å². The largest absolute Gasteiger partial charge is 0.481 e. The Morgan fingerprint density at radius 3 is 2.38 bits per heavy atom. The summed E-state index contributed by atoms with van der Waals surface area (Å²) in [6.45, 7) is 12.6. The average molecular weight is 546 g/mol. The van der Waals surface area contributed by atoms with E-state index in [4.69, 9.17) is 9.31 Å². The van der Waals surface area contributed by atoms with Gasteiger partial charge in [-0.25, -0.2) is 0 Å². The van der Waals surface area contributed by atoms with Crippen LogP contribution in [0.2, 0.25) is 0 Å². The van der Waals surface area contributed by atoms with Gasteiger partial charge in [0.15, 0.2) is 5.78 Å². The third-order valence-electron chi connectivity index (χ3n) is 9.97. The summed E-state index contributed by atoms with van der Waals surface area (Å²) >= 11 is 0. The molecule has 0 spiro atoms. The number of rotatable bonds is 10. The smallest absolute Gasteiger partial charge is 0.404 e. The molecular formula is C33H44BNO5. The Morgan fingerprint density at radius 2 is 1.73 bits per heavy atom. The minimum atomic E-state index is -0.987. The summed E-state index contributed by atoms with van der Waals surface area (Å²) < 4.78 is 13.2. The topological polar surface area (TPSA) is 84.9 Å². The summed E-state index contributed by atoms with van der Waals surface area (Å²) in [6, 6.07) is 17.3. The van der Waals surface area contributed by atoms with Gasteiger partial charge in [0.05, 0.1) is 29.7 Å². The molecule has 1 aliphatic heterocycles. The Balaban J connectivity index is 1.29. The number of ketones is 1. The molecule has 7 atom stereocenters. The van der Waals surface area contributed by atoms with E-state index in [1.54, 1.807) is 13.0 Å². The van der Waals surface area contributed by atoms with E-state index in [0.29, 0.717) is 29.7 Å². The first kappa shape index (κ1) is 29.0. The Kier molecular flexibility index (Phi) is 8.04. The molecule has 3 aliphatic carbocycles. The summed E-state index contributed by atoms with van der Waals surface area (Å²) in [5, 5.41) is 13.7. The zero-order valence-corrected chi connectivity index (χ0v) is 24.7. The Labute approximate surface area is 239 Å². The second-order valence-corrected chi connectivity index (χ2v) is 13.5. The van der Waals surface area contributed by atoms with Crippen molar-refractivity contribution in [3.63, 3.8) is 0 Å². The Hall–Kier alpha value is -2.48. The predicted octanol–water partition coefficient (Wildman–Crippen LogP) is 5.72. The lowest BCUT2D eigenvalue weighted by Crippen LogP contribution is -2.65. The molecule has 4 fully saturated rings. The van der Waals surface area contributed by atoms with E-state index in [2.05, 4.69) is 39.9 Å². The van der Waals surface area contributed by atoms with Crippen LogP contribution in [0.15, 0.2) is 54.6 Å². The number of nitrogens with one attached hydrogen (secondary N) is 1. The summed E-state index contributed by atoms with van der Waals surface area (Å²) in [6.07, 6.45) is 1.77. The van der Waals surface area contributed by atoms with E-state index < -0.39 is 19.1 Å². The van der Waals surface area contributed by atoms with E-state index >= 15 is 0 Å². The van der Waals surface area contributed by atoms with E-state index in [1.807, 2.05) is 48.5 Å². The highest BCUT2D eigenvalue weighted by Gasteiger charge is 2.68. The first-order valence-electron chi connectivity index (χ1n) is 14.9. The molecule has 6 nitrogen and oxygen atoms in total. The number of hydrogen-bond acceptors (Lipinski definition) is 5. The molecule has 214 valence electrons. The first-order valence-corrected chi connectivity index (χ1v) is 14.9. The number of carbonyl (C=O) groups excluding carboxylic acids is 2. The van der Waals surface area contributed by atoms with Crippen LogP contribution in [0, 0.1) is 29.1 Å². The van der Waals surface area contributed by atoms with E-state index in [9.17, 15) is 14.7 Å². The van der Waals surface area contributed by atoms with Crippen molar-refractivity contribution in [3.05, 3.63) is 60.2 Å². The molecule has 2 N–H and O–H groups in total. The fourth-order valence-corrected chi connectivity index (χ4v) is 7.41. The van der Waals surface area contributed by atoms with Crippen LogP contribution in [0.1, 0.15) is 77.6 Å². The lowest BCUT2D eigenvalue weighted by Gasteiger charge is -2.64. The monoisotopic (exact) mass is 545 g/mol. The number of aliphatic hydroxyl groups excluding tert-OH is 1. The molecule has 0 radical (unpaired) electrons. The molecule has 1 amide bonds. The molecule has 2 aromatic rings. The van der Waals surface area contributed by atoms with Crippen LogP contribution >= 0.6 is 0 Å². The molecule has 7 heteroatoms. The van der Waals surface area contributed by atoms with Gasteiger partial charge in [0.2, 0.25) is 5.91 Å². The zero-order chi connectivity index (χ0) is 28.8. The lowest BCUT2D eigenvalue weighted by molar-refractivity contribution is -0.199. The molecule has 2 aromatic carbocycles. The number of aliphatic hydroxyl groups is 1. The van der Waals surface area contributed by atoms with E-state index in [1.165, 1.54) is 0 Å². The van der Waals surface area contributed by atoms with Crippen LogP contribution < -0.4 is 5.32 Å². The van der Waals surface area contributed by atoms with Crippen molar-refractivity contribution in [3.8, 4) is 11.1 Å². The number of benzene rings is 2. The molecule has 6 rings (SSSR count). The van der Waals surface area contributed by atoms with Crippen molar-refractivity contribution in [2.45, 2.75) is 91.0 Å². The molecular weight excluding hydrogens is 501 g/mol. The number of amides is 1. The van der Waals surface area contributed by atoms with Crippen molar-refractivity contribution >= 4 is 18.8 Å². The van der Waals surface area contributed by atoms with E-state index in [-0.39, 0.29) is 41.2 Å². The maximum atomic E-state index is 13.6. The van der Waals surface area contributed by atoms with Gasteiger partial charge in [0, 0.05) is 12.0 Å². The number of hydrogen-bond donors (Lipinski definition) is 2. The second-order valence-electron chi connectivity index (χ2n) is 13.5. The molecule has 0 unspecified atom stereocenters. The van der Waals surface area contributed by atoms with Crippen molar-refractivity contribution in [1.29, 1.82) is 0 Å². The van der Waals surface area contributed by atoms with Gasteiger partial charge in [0.1, 0.15) is 0 Å². The van der Waals surface area contributed by atoms with Gasteiger partial charge in [-0.05, 0) is 73.5 Å². The van der Waals surface area contributed by atoms with Crippen molar-refractivity contribution in [1.82, 2.24) is 5.32 Å². The van der Waals surface area contributed by atoms with Crippen molar-refractivity contribution in [2.24, 2.45) is 29.1 Å². The Morgan fingerprint density at radius 1 is 1.02 bits per heavy atom. The molecule has 1 heterocycles. The third kappa shape index (κ3) is 5.40. The van der Waals surface area contributed by atoms with Gasteiger partial charge >= 0.3 is 7.12 Å². The highest BCUT2D eigenvalue weighted by atomic mass is 16.7. The quantitative estimate of drug-likeness (QED) is 0.295. The van der Waals surface area contributed by atoms with E-state index in [0.717, 1.165) is 24.0 Å². The standard InChI is InChI=1S/C33H44BNO5/c1-20(2)15-30(34-39-29-18-25-17-28(32(25,4)5)33(29,6)40-34)35-31(38)26(21(3)36)19-27(37)24-14-10-13-23(16-24)22-11-8-7-9-12-22/h7-14,16,20-21,25-26,28-30,36H,15,17-19H2,1-6H3,(H,35,38)/t21-,25+,26+,28+,29-,30+,33+/m1/s1. The normalized spacial score (nSPS) is 28.8. The van der Waals surface area contributed by atoms with Crippen LogP contribution in [0.25, 0.3) is 11.1 Å². The van der Waals surface area contributed by atoms with Crippen LogP contribution in [0.3, 0.4) is 0 Å². The van der Waals surface area contributed by atoms with Gasteiger partial charge < -0.3 is 19.7 Å². The summed E-state index contributed by atoms with van der Waals surface area (Å²) in [5.74, 6) is -0.397. The summed E-state index contributed by atoms with van der Waals surface area (Å²) in [5.41, 5.74) is 2.35. The maximum absolute atomic E-state index is 13.6. The predicted molar refractivity (Wildman–Crippen MR) is 157 cm³/mol.